The van der Waals surface area contributed by atoms with E-state index in [2.05, 4.69) is 5.32 Å². The van der Waals surface area contributed by atoms with Gasteiger partial charge in [0.2, 0.25) is 11.8 Å². The molecule has 2 fully saturated rings. The van der Waals surface area contributed by atoms with Gasteiger partial charge in [-0.15, -0.1) is 24.2 Å². The fourth-order valence-corrected chi connectivity index (χ4v) is 4.30. The molecule has 150 valence electrons. The summed E-state index contributed by atoms with van der Waals surface area (Å²) in [4.78, 5) is 28.6. The molecule has 0 spiro atoms. The van der Waals surface area contributed by atoms with E-state index in [4.69, 9.17) is 16.3 Å². The first-order chi connectivity index (χ1) is 12.7. The van der Waals surface area contributed by atoms with Crippen molar-refractivity contribution >= 4 is 47.6 Å². The van der Waals surface area contributed by atoms with Gasteiger partial charge >= 0.3 is 0 Å². The van der Waals surface area contributed by atoms with Crippen LogP contribution in [0.1, 0.15) is 11.6 Å². The highest BCUT2D eigenvalue weighted by Crippen LogP contribution is 2.29. The first-order valence-corrected chi connectivity index (χ1v) is 10.4. The van der Waals surface area contributed by atoms with E-state index >= 15 is 0 Å². The second-order valence-corrected chi connectivity index (χ2v) is 7.71. The zero-order valence-corrected chi connectivity index (χ0v) is 17.5. The molecule has 2 saturated heterocycles. The number of amides is 2. The lowest BCUT2D eigenvalue weighted by atomic mass is 10.0. The quantitative estimate of drug-likeness (QED) is 0.767. The number of carbonyl (C=O) groups is 2. The van der Waals surface area contributed by atoms with Crippen LogP contribution < -0.4 is 5.32 Å². The molecule has 1 unspecified atom stereocenters. The van der Waals surface area contributed by atoms with Gasteiger partial charge in [-0.25, -0.2) is 0 Å². The largest absolute Gasteiger partial charge is 0.378 e. The molecule has 2 aliphatic heterocycles. The van der Waals surface area contributed by atoms with Crippen LogP contribution in [0, 0.1) is 0 Å². The van der Waals surface area contributed by atoms with E-state index in [0.29, 0.717) is 55.9 Å². The van der Waals surface area contributed by atoms with E-state index in [-0.39, 0.29) is 30.3 Å². The molecule has 3 rings (SSSR count). The van der Waals surface area contributed by atoms with Crippen LogP contribution >= 0.6 is 35.8 Å². The third-order valence-corrected chi connectivity index (χ3v) is 5.89. The Morgan fingerprint density at radius 1 is 1.15 bits per heavy atom. The summed E-state index contributed by atoms with van der Waals surface area (Å²) in [6, 6.07) is 7.58. The maximum atomic E-state index is 12.7. The predicted molar refractivity (Wildman–Crippen MR) is 111 cm³/mol. The minimum atomic E-state index is -0.0690. The van der Waals surface area contributed by atoms with Gasteiger partial charge in [-0.1, -0.05) is 29.8 Å². The van der Waals surface area contributed by atoms with Crippen molar-refractivity contribution < 1.29 is 14.3 Å². The first kappa shape index (κ1) is 22.3. The molecule has 0 bridgehead atoms. The zero-order valence-electron chi connectivity index (χ0n) is 15.1. The van der Waals surface area contributed by atoms with E-state index in [9.17, 15) is 9.59 Å². The summed E-state index contributed by atoms with van der Waals surface area (Å²) < 4.78 is 5.26. The van der Waals surface area contributed by atoms with Gasteiger partial charge in [0, 0.05) is 37.7 Å². The molecule has 0 aliphatic carbocycles. The molecule has 0 aromatic heterocycles. The number of thioether (sulfide) groups is 1. The van der Waals surface area contributed by atoms with Gasteiger partial charge in [-0.3, -0.25) is 9.59 Å². The van der Waals surface area contributed by atoms with E-state index in [1.807, 2.05) is 29.2 Å². The Morgan fingerprint density at radius 2 is 1.85 bits per heavy atom. The molecule has 1 atom stereocenters. The maximum absolute atomic E-state index is 12.7. The minimum absolute atomic E-state index is 0. The molecule has 0 saturated carbocycles. The maximum Gasteiger partial charge on any atom is 0.233 e. The summed E-state index contributed by atoms with van der Waals surface area (Å²) in [6.07, 6.45) is 0. The molecule has 9 heteroatoms. The number of hydrogen-bond acceptors (Lipinski definition) is 5. The van der Waals surface area contributed by atoms with Crippen LogP contribution in [0.15, 0.2) is 24.3 Å². The lowest BCUT2D eigenvalue weighted by Gasteiger charge is -2.37. The summed E-state index contributed by atoms with van der Waals surface area (Å²) in [5, 5.41) is 4.01. The molecule has 2 aliphatic rings. The third kappa shape index (κ3) is 5.99. The van der Waals surface area contributed by atoms with E-state index in [1.54, 1.807) is 4.90 Å². The molecule has 1 aromatic rings. The molecule has 2 heterocycles. The Hall–Kier alpha value is -0.990. The monoisotopic (exact) mass is 433 g/mol. The number of rotatable bonds is 5. The number of morpholine rings is 1. The summed E-state index contributed by atoms with van der Waals surface area (Å²) in [6.45, 7) is 4.56. The van der Waals surface area contributed by atoms with Crippen molar-refractivity contribution in [2.75, 3.05) is 57.4 Å². The van der Waals surface area contributed by atoms with Crippen LogP contribution in [-0.4, -0.2) is 79.1 Å². The normalized spacial score (nSPS) is 20.1. The summed E-state index contributed by atoms with van der Waals surface area (Å²) in [5.41, 5.74) is 0.962. The molecule has 2 amide bonds. The highest BCUT2D eigenvalue weighted by molar-refractivity contribution is 8.00. The topological polar surface area (TPSA) is 61.9 Å². The van der Waals surface area contributed by atoms with E-state index in [0.717, 1.165) is 12.1 Å². The van der Waals surface area contributed by atoms with Gasteiger partial charge < -0.3 is 19.9 Å². The number of piperazine rings is 1. The number of ether oxygens (including phenoxy) is 1. The van der Waals surface area contributed by atoms with Crippen LogP contribution in [0.25, 0.3) is 0 Å². The average molecular weight is 434 g/mol. The molecular formula is C18H25Cl2N3O3S. The number of hydrogen-bond donors (Lipinski definition) is 1. The number of carbonyl (C=O) groups excluding carboxylic acids is 2. The number of nitrogens with zero attached hydrogens (tertiary/aromatic N) is 2. The number of halogens is 2. The Labute approximate surface area is 175 Å². The van der Waals surface area contributed by atoms with Crippen molar-refractivity contribution in [1.82, 2.24) is 15.1 Å². The van der Waals surface area contributed by atoms with Crippen LogP contribution in [0.4, 0.5) is 0 Å². The summed E-state index contributed by atoms with van der Waals surface area (Å²) in [5.74, 6) is 0.760. The highest BCUT2D eigenvalue weighted by Gasteiger charge is 2.29. The molecule has 6 nitrogen and oxygen atoms in total. The van der Waals surface area contributed by atoms with E-state index in [1.165, 1.54) is 11.8 Å². The molecule has 1 N–H and O–H groups in total. The van der Waals surface area contributed by atoms with Crippen molar-refractivity contribution in [1.29, 1.82) is 0 Å². The molecule has 27 heavy (non-hydrogen) atoms. The summed E-state index contributed by atoms with van der Waals surface area (Å²) >= 11 is 7.71. The van der Waals surface area contributed by atoms with Gasteiger partial charge in [0.05, 0.1) is 30.8 Å². The van der Waals surface area contributed by atoms with Crippen molar-refractivity contribution in [3.63, 3.8) is 0 Å². The lowest BCUT2D eigenvalue weighted by molar-refractivity contribution is -0.132. The zero-order chi connectivity index (χ0) is 18.4. The lowest BCUT2D eigenvalue weighted by Crippen LogP contribution is -2.49. The fourth-order valence-electron chi connectivity index (χ4n) is 3.24. The van der Waals surface area contributed by atoms with Gasteiger partial charge in [0.1, 0.15) is 0 Å². The van der Waals surface area contributed by atoms with E-state index < -0.39 is 0 Å². The Kier molecular flexibility index (Phi) is 9.18. The Morgan fingerprint density at radius 3 is 2.59 bits per heavy atom. The van der Waals surface area contributed by atoms with Gasteiger partial charge in [0.15, 0.2) is 0 Å². The number of nitrogens with one attached hydrogen (secondary N) is 1. The summed E-state index contributed by atoms with van der Waals surface area (Å²) in [7, 11) is 0. The van der Waals surface area contributed by atoms with Crippen molar-refractivity contribution in [2.24, 2.45) is 0 Å². The standard InChI is InChI=1S/C18H24ClN3O3S.ClH/c19-15-4-2-1-3-14(15)16-11-20-5-6-22(16)18(24)13-26-12-17(23)21-7-9-25-10-8-21;/h1-4,16,20H,5-13H2;1H. The van der Waals surface area contributed by atoms with Crippen molar-refractivity contribution in [3.05, 3.63) is 34.9 Å². The van der Waals surface area contributed by atoms with Gasteiger partial charge in [-0.05, 0) is 11.6 Å². The second-order valence-electron chi connectivity index (χ2n) is 6.31. The molecule has 0 radical (unpaired) electrons. The van der Waals surface area contributed by atoms with Crippen LogP contribution in [0.2, 0.25) is 5.02 Å². The average Bonchev–Trinajstić information content (AvgIpc) is 2.69. The fraction of sp³-hybridized carbons (Fsp3) is 0.556. The minimum Gasteiger partial charge on any atom is -0.378 e. The number of benzene rings is 1. The molecular weight excluding hydrogens is 409 g/mol. The smallest absolute Gasteiger partial charge is 0.233 e. The van der Waals surface area contributed by atoms with Crippen molar-refractivity contribution in [3.8, 4) is 0 Å². The Bertz CT molecular complexity index is 644. The molecule has 1 aromatic carbocycles. The van der Waals surface area contributed by atoms with Crippen LogP contribution in [0.5, 0.6) is 0 Å². The first-order valence-electron chi connectivity index (χ1n) is 8.84. The third-order valence-electron chi connectivity index (χ3n) is 4.64. The van der Waals surface area contributed by atoms with Gasteiger partial charge in [-0.2, -0.15) is 0 Å². The van der Waals surface area contributed by atoms with Gasteiger partial charge in [0.25, 0.3) is 0 Å². The SMILES string of the molecule is Cl.O=C(CSCC(=O)N1CCNCC1c1ccccc1Cl)N1CCOCC1. The van der Waals surface area contributed by atoms with Crippen LogP contribution in [0.3, 0.4) is 0 Å². The predicted octanol–water partition coefficient (Wildman–Crippen LogP) is 1.83. The second kappa shape index (κ2) is 11.1. The highest BCUT2D eigenvalue weighted by atomic mass is 35.5. The Balaban J connectivity index is 0.00000261. The van der Waals surface area contributed by atoms with Crippen LogP contribution in [-0.2, 0) is 14.3 Å². The van der Waals surface area contributed by atoms with Crippen molar-refractivity contribution in [2.45, 2.75) is 6.04 Å².